The zero-order valence-electron chi connectivity index (χ0n) is 44.8. The molecule has 0 saturated heterocycles. The molecule has 75 heavy (non-hydrogen) atoms. The third kappa shape index (κ3) is 8.76. The molecule has 1 aliphatic rings. The largest absolute Gasteiger partial charge is 0.501 e. The summed E-state index contributed by atoms with van der Waals surface area (Å²) in [5.74, 6) is -2.26. The van der Waals surface area contributed by atoms with Gasteiger partial charge in [0.25, 0.3) is 5.92 Å². The summed E-state index contributed by atoms with van der Waals surface area (Å²) in [5, 5.41) is 7.02. The van der Waals surface area contributed by atoms with E-state index in [1.165, 1.54) is 61.6 Å². The number of hydrogen-bond donors (Lipinski definition) is 0. The van der Waals surface area contributed by atoms with Gasteiger partial charge in [0.1, 0.15) is 5.58 Å². The van der Waals surface area contributed by atoms with Gasteiger partial charge in [-0.15, -0.1) is 47.5 Å². The van der Waals surface area contributed by atoms with Crippen LogP contribution in [0.1, 0.15) is 90.9 Å². The number of fused-ring (bicyclic) bond motifs is 10. The summed E-state index contributed by atoms with van der Waals surface area (Å²) in [6.45, 7) is 15.4. The molecule has 373 valence electrons. The molecule has 0 fully saturated rings. The second-order valence-electron chi connectivity index (χ2n) is 21.1. The molecule has 0 unspecified atom stereocenters. The fraction of sp³-hybridized carbons (Fsp3) is 0.176. The first-order valence-corrected chi connectivity index (χ1v) is 25.4. The van der Waals surface area contributed by atoms with Gasteiger partial charge in [0.15, 0.2) is 0 Å². The van der Waals surface area contributed by atoms with Gasteiger partial charge in [0.2, 0.25) is 0 Å². The minimum atomic E-state index is -3.66. The number of imidazole rings is 1. The predicted molar refractivity (Wildman–Crippen MR) is 301 cm³/mol. The fourth-order valence-electron chi connectivity index (χ4n) is 10.7. The van der Waals surface area contributed by atoms with Crippen LogP contribution < -0.4 is 0 Å². The molecule has 0 amide bonds. The smallest absolute Gasteiger partial charge is 0.270 e. The Morgan fingerprint density at radius 2 is 1.32 bits per heavy atom. The Labute approximate surface area is 453 Å². The summed E-state index contributed by atoms with van der Waals surface area (Å²) in [4.78, 5) is 9.78. The molecular weight excluding hydrogens is 1100 g/mol. The van der Waals surface area contributed by atoms with E-state index in [2.05, 4.69) is 191 Å². The Balaban J connectivity index is 0.000000186. The molecule has 0 spiro atoms. The van der Waals surface area contributed by atoms with Crippen LogP contribution in [0.2, 0.25) is 0 Å². The molecule has 1 radical (unpaired) electrons. The number of nitrogens with zero attached hydrogens (tertiary/aromatic N) is 3. The van der Waals surface area contributed by atoms with E-state index in [9.17, 15) is 0 Å². The van der Waals surface area contributed by atoms with E-state index >= 15 is 8.78 Å². The minimum absolute atomic E-state index is 0. The predicted octanol–water partition coefficient (Wildman–Crippen LogP) is 18.8. The Hall–Kier alpha value is -7.57. The zero-order valence-corrected chi connectivity index (χ0v) is 45.2. The molecule has 0 saturated carbocycles. The van der Waals surface area contributed by atoms with Crippen LogP contribution in [-0.4, -0.2) is 14.5 Å². The molecule has 7 heteroatoms. The zero-order chi connectivity index (χ0) is 52.8. The fourth-order valence-corrected chi connectivity index (χ4v) is 10.7. The number of aromatic nitrogens is 3. The Bertz CT molecular complexity index is 4200. The molecule has 1 aliphatic carbocycles. The Morgan fingerprint density at radius 1 is 0.640 bits per heavy atom. The summed E-state index contributed by atoms with van der Waals surface area (Å²) >= 11 is 0. The maximum Gasteiger partial charge on any atom is 0.270 e. The van der Waals surface area contributed by atoms with Crippen molar-refractivity contribution < 1.29 is 36.0 Å². The topological polar surface area (TPSA) is 43.9 Å². The molecule has 4 nitrogen and oxygen atoms in total. The Morgan fingerprint density at radius 3 is 2.07 bits per heavy atom. The van der Waals surface area contributed by atoms with Crippen LogP contribution in [0, 0.1) is 12.1 Å². The number of hydrogen-bond acceptors (Lipinski definition) is 3. The van der Waals surface area contributed by atoms with Crippen LogP contribution in [0.15, 0.2) is 187 Å². The van der Waals surface area contributed by atoms with E-state index in [-0.39, 0.29) is 54.0 Å². The van der Waals surface area contributed by atoms with Crippen LogP contribution in [-0.2, 0) is 37.8 Å². The van der Waals surface area contributed by atoms with Gasteiger partial charge in [-0.2, -0.15) is 0 Å². The van der Waals surface area contributed by atoms with E-state index in [0.717, 1.165) is 49.9 Å². The minimum Gasteiger partial charge on any atom is -0.501 e. The molecule has 0 bridgehead atoms. The molecule has 3 heterocycles. The maximum atomic E-state index is 15.2. The summed E-state index contributed by atoms with van der Waals surface area (Å²) < 4.78 is 56.2. The molecule has 9 aromatic carbocycles. The molecule has 0 N–H and O–H groups in total. The van der Waals surface area contributed by atoms with Gasteiger partial charge in [0, 0.05) is 52.1 Å². The summed E-state index contributed by atoms with van der Waals surface area (Å²) in [6.07, 6.45) is -1.17. The van der Waals surface area contributed by atoms with Crippen molar-refractivity contribution in [3.63, 3.8) is 0 Å². The number of halogens is 2. The number of alkyl halides is 2. The van der Waals surface area contributed by atoms with Gasteiger partial charge in [-0.3, -0.25) is 4.98 Å². The number of benzene rings is 9. The summed E-state index contributed by atoms with van der Waals surface area (Å²) in [5.41, 5.74) is 12.9. The van der Waals surface area contributed by atoms with Crippen LogP contribution in [0.4, 0.5) is 8.78 Å². The van der Waals surface area contributed by atoms with Crippen LogP contribution in [0.5, 0.6) is 0 Å². The Kier molecular flexibility index (Phi) is 12.1. The van der Waals surface area contributed by atoms with E-state index < -0.39 is 12.3 Å². The van der Waals surface area contributed by atoms with Crippen LogP contribution >= 0.6 is 0 Å². The van der Waals surface area contributed by atoms with E-state index in [4.69, 9.17) is 12.1 Å². The van der Waals surface area contributed by atoms with E-state index in [1.54, 1.807) is 36.5 Å². The normalized spacial score (nSPS) is 14.1. The van der Waals surface area contributed by atoms with Gasteiger partial charge in [0.05, 0.1) is 22.4 Å². The summed E-state index contributed by atoms with van der Waals surface area (Å²) in [6, 6.07) is 65.1. The van der Waals surface area contributed by atoms with Gasteiger partial charge in [-0.05, 0) is 114 Å². The molecular formula is C68H55F2IrN3O-2. The maximum absolute atomic E-state index is 15.2. The first-order valence-electron chi connectivity index (χ1n) is 26.4. The monoisotopic (exact) mass is 1160 g/mol. The quantitative estimate of drug-likeness (QED) is 0.123. The third-order valence-electron chi connectivity index (χ3n) is 14.5. The molecule has 0 aliphatic heterocycles. The second-order valence-corrected chi connectivity index (χ2v) is 21.1. The SMILES string of the molecule is CC(C)c1cc(-c2ccccc2)cc(C(C)C)c1-n1c(-c2[c-]ccc3c2oc2cc4c(ccc5ccccc54)cc23)nc2ccccc21.[2H]C1([2H])c2c(-c3ccc(C(C)(C)C)cn3)[c-]ccc2-c2ccccc2C1(F)F.[Ir]. The van der Waals surface area contributed by atoms with Crippen LogP contribution in [0.3, 0.4) is 0 Å². The first kappa shape index (κ1) is 47.2. The van der Waals surface area contributed by atoms with Crippen molar-refractivity contribution in [1.29, 1.82) is 0 Å². The first-order chi connectivity index (χ1) is 36.5. The number of pyridine rings is 1. The van der Waals surface area contributed by atoms with Gasteiger partial charge in [-0.25, -0.2) is 8.78 Å². The summed E-state index contributed by atoms with van der Waals surface area (Å²) in [7, 11) is 0. The van der Waals surface area contributed by atoms with Crippen molar-refractivity contribution in [3.05, 3.63) is 222 Å². The van der Waals surface area contributed by atoms with Crippen molar-refractivity contribution >= 4 is 54.5 Å². The molecule has 12 aromatic rings. The van der Waals surface area contributed by atoms with Gasteiger partial charge >= 0.3 is 0 Å². The van der Waals surface area contributed by atoms with E-state index in [1.807, 2.05) is 12.1 Å². The van der Waals surface area contributed by atoms with Gasteiger partial charge in [-0.1, -0.05) is 180 Å². The number of para-hydroxylation sites is 2. The molecule has 3 aromatic heterocycles. The molecule has 0 atom stereocenters. The second kappa shape index (κ2) is 19.3. The van der Waals surface area contributed by atoms with Crippen molar-refractivity contribution in [2.75, 3.05) is 0 Å². The van der Waals surface area contributed by atoms with Crippen molar-refractivity contribution in [1.82, 2.24) is 14.5 Å². The average Bonchev–Trinajstić information content (AvgIpc) is 4.10. The van der Waals surface area contributed by atoms with E-state index in [0.29, 0.717) is 16.8 Å². The number of rotatable bonds is 6. The van der Waals surface area contributed by atoms with Gasteiger partial charge < -0.3 is 14.0 Å². The van der Waals surface area contributed by atoms with Crippen molar-refractivity contribution in [2.45, 2.75) is 78.0 Å². The molecule has 13 rings (SSSR count). The van der Waals surface area contributed by atoms with Crippen molar-refractivity contribution in [3.8, 4) is 50.6 Å². The third-order valence-corrected chi connectivity index (χ3v) is 14.5. The number of furan rings is 1. The standard InChI is InChI=1S/C45H35N2O.C23H20F2N.Ir/c1-27(2)36-24-32(29-13-6-5-7-14-29)25-37(28(3)4)43(36)47-41-20-11-10-19-40(41)46-45(47)35-18-12-17-34-39-23-31-22-21-30-15-8-9-16-33(30)38(31)26-42(39)48-44(34)35;1-22(2,3)15-11-12-21(26-14-15)18-9-6-8-16-17-7-4-5-10-20(17)23(24,25)13-19(16)18;/h5-17,19-28H,1-4H3;4-8,10-12,14H,13H2,1-3H3;/q2*-1;/i;13D2;. The van der Waals surface area contributed by atoms with Crippen molar-refractivity contribution in [2.24, 2.45) is 0 Å². The average molecular weight is 1160 g/mol. The van der Waals surface area contributed by atoms with Crippen LogP contribution in [0.25, 0.3) is 105 Å².